The van der Waals surface area contributed by atoms with Crippen molar-refractivity contribution in [3.05, 3.63) is 59.7 Å². The van der Waals surface area contributed by atoms with Gasteiger partial charge in [-0.05, 0) is 30.2 Å². The highest BCUT2D eigenvalue weighted by Gasteiger charge is 2.20. The van der Waals surface area contributed by atoms with E-state index in [1.807, 2.05) is 43.3 Å². The van der Waals surface area contributed by atoms with Gasteiger partial charge in [-0.1, -0.05) is 37.3 Å². The van der Waals surface area contributed by atoms with E-state index in [1.165, 1.54) is 5.56 Å². The van der Waals surface area contributed by atoms with E-state index in [1.54, 1.807) is 0 Å². The van der Waals surface area contributed by atoms with Gasteiger partial charge in [0.2, 0.25) is 0 Å². The number of ketones is 1. The van der Waals surface area contributed by atoms with Crippen LogP contribution in [0.1, 0.15) is 29.3 Å². The van der Waals surface area contributed by atoms with Gasteiger partial charge in [0.05, 0.1) is 11.7 Å². The monoisotopic (exact) mass is 310 g/mol. The van der Waals surface area contributed by atoms with E-state index in [-0.39, 0.29) is 11.8 Å². The molecule has 2 aromatic rings. The average Bonchev–Trinajstić information content (AvgIpc) is 2.62. The first-order valence-corrected chi connectivity index (χ1v) is 8.10. The van der Waals surface area contributed by atoms with Crippen molar-refractivity contribution in [3.8, 4) is 5.75 Å². The van der Waals surface area contributed by atoms with Gasteiger partial charge in [-0.25, -0.2) is 0 Å². The second-order valence-corrected chi connectivity index (χ2v) is 5.68. The lowest BCUT2D eigenvalue weighted by Crippen LogP contribution is -2.35. The minimum absolute atomic E-state index is 0.124. The third-order valence-electron chi connectivity index (χ3n) is 4.06. The Kier molecular flexibility index (Phi) is 4.93. The number of fused-ring (bicyclic) bond motifs is 1. The van der Waals surface area contributed by atoms with Crippen molar-refractivity contribution >= 4 is 11.5 Å². The normalized spacial score (nSPS) is 14.3. The SMILES string of the molecule is CCC(NCc1ccccc1)C(=O)c1ccc2c(c1)NCCO2. The van der Waals surface area contributed by atoms with Crippen LogP contribution in [0.2, 0.25) is 0 Å². The molecule has 0 saturated heterocycles. The maximum absolute atomic E-state index is 12.8. The maximum Gasteiger partial charge on any atom is 0.179 e. The Labute approximate surface area is 136 Å². The maximum atomic E-state index is 12.8. The molecule has 2 N–H and O–H groups in total. The Morgan fingerprint density at radius 3 is 2.87 bits per heavy atom. The highest BCUT2D eigenvalue weighted by atomic mass is 16.5. The number of hydrogen-bond donors (Lipinski definition) is 2. The molecule has 4 heteroatoms. The zero-order valence-electron chi connectivity index (χ0n) is 13.3. The molecule has 4 nitrogen and oxygen atoms in total. The highest BCUT2D eigenvalue weighted by Crippen LogP contribution is 2.28. The van der Waals surface area contributed by atoms with Crippen molar-refractivity contribution in [2.75, 3.05) is 18.5 Å². The fourth-order valence-corrected chi connectivity index (χ4v) is 2.75. The molecule has 0 amide bonds. The Hall–Kier alpha value is -2.33. The Bertz CT molecular complexity index is 670. The highest BCUT2D eigenvalue weighted by molar-refractivity contribution is 6.01. The molecule has 1 heterocycles. The van der Waals surface area contributed by atoms with E-state index < -0.39 is 0 Å². The molecule has 0 fully saturated rings. The number of hydrogen-bond acceptors (Lipinski definition) is 4. The fraction of sp³-hybridized carbons (Fsp3) is 0.316. The zero-order chi connectivity index (χ0) is 16.1. The molecule has 0 bridgehead atoms. The van der Waals surface area contributed by atoms with Crippen molar-refractivity contribution < 1.29 is 9.53 Å². The van der Waals surface area contributed by atoms with E-state index in [9.17, 15) is 4.79 Å². The molecule has 1 atom stereocenters. The molecule has 1 unspecified atom stereocenters. The minimum atomic E-state index is -0.183. The lowest BCUT2D eigenvalue weighted by molar-refractivity contribution is 0.0939. The van der Waals surface area contributed by atoms with Crippen molar-refractivity contribution in [2.45, 2.75) is 25.9 Å². The fourth-order valence-electron chi connectivity index (χ4n) is 2.75. The van der Waals surface area contributed by atoms with Gasteiger partial charge in [0.15, 0.2) is 5.78 Å². The summed E-state index contributed by atoms with van der Waals surface area (Å²) in [4.78, 5) is 12.8. The number of nitrogens with one attached hydrogen (secondary N) is 2. The van der Waals surface area contributed by atoms with Gasteiger partial charge < -0.3 is 15.4 Å². The first kappa shape index (κ1) is 15.6. The van der Waals surface area contributed by atoms with Crippen molar-refractivity contribution in [2.24, 2.45) is 0 Å². The number of carbonyl (C=O) groups is 1. The molecule has 1 aliphatic heterocycles. The van der Waals surface area contributed by atoms with E-state index in [0.717, 1.165) is 24.4 Å². The van der Waals surface area contributed by atoms with Crippen molar-refractivity contribution in [1.82, 2.24) is 5.32 Å². The van der Waals surface area contributed by atoms with Crippen LogP contribution in [0.5, 0.6) is 5.75 Å². The molecule has 0 aromatic heterocycles. The zero-order valence-corrected chi connectivity index (χ0v) is 13.3. The van der Waals surface area contributed by atoms with E-state index >= 15 is 0 Å². The minimum Gasteiger partial charge on any atom is -0.490 e. The van der Waals surface area contributed by atoms with Crippen molar-refractivity contribution in [3.63, 3.8) is 0 Å². The first-order chi connectivity index (χ1) is 11.3. The summed E-state index contributed by atoms with van der Waals surface area (Å²) in [7, 11) is 0. The first-order valence-electron chi connectivity index (χ1n) is 8.10. The average molecular weight is 310 g/mol. The number of ether oxygens (including phenoxy) is 1. The second kappa shape index (κ2) is 7.29. The smallest absolute Gasteiger partial charge is 0.179 e. The number of benzene rings is 2. The van der Waals surface area contributed by atoms with Crippen molar-refractivity contribution in [1.29, 1.82) is 0 Å². The second-order valence-electron chi connectivity index (χ2n) is 5.68. The van der Waals surface area contributed by atoms with Crippen LogP contribution in [-0.2, 0) is 6.54 Å². The number of carbonyl (C=O) groups excluding carboxylic acids is 1. The summed E-state index contributed by atoms with van der Waals surface area (Å²) >= 11 is 0. The molecule has 0 spiro atoms. The van der Waals surface area contributed by atoms with E-state index in [2.05, 4.69) is 22.8 Å². The van der Waals surface area contributed by atoms with Crippen LogP contribution in [-0.4, -0.2) is 25.0 Å². The van der Waals surface area contributed by atoms with Crippen LogP contribution >= 0.6 is 0 Å². The molecule has 0 aliphatic carbocycles. The summed E-state index contributed by atoms with van der Waals surface area (Å²) in [5.74, 6) is 0.941. The summed E-state index contributed by atoms with van der Waals surface area (Å²) < 4.78 is 5.56. The topological polar surface area (TPSA) is 50.4 Å². The lowest BCUT2D eigenvalue weighted by atomic mass is 10.0. The third-order valence-corrected chi connectivity index (χ3v) is 4.06. The molecular formula is C19H22N2O2. The van der Waals surface area contributed by atoms with Crippen LogP contribution in [0.4, 0.5) is 5.69 Å². The molecule has 3 rings (SSSR count). The van der Waals surface area contributed by atoms with Gasteiger partial charge >= 0.3 is 0 Å². The van der Waals surface area contributed by atoms with Gasteiger partial charge in [-0.3, -0.25) is 4.79 Å². The Morgan fingerprint density at radius 1 is 1.26 bits per heavy atom. The molecule has 120 valence electrons. The van der Waals surface area contributed by atoms with Gasteiger partial charge in [0.25, 0.3) is 0 Å². The quantitative estimate of drug-likeness (QED) is 0.804. The van der Waals surface area contributed by atoms with Crippen LogP contribution in [0.3, 0.4) is 0 Å². The predicted molar refractivity (Wildman–Crippen MR) is 92.1 cm³/mol. The van der Waals surface area contributed by atoms with Crippen LogP contribution in [0, 0.1) is 0 Å². The lowest BCUT2D eigenvalue weighted by Gasteiger charge is -2.21. The Morgan fingerprint density at radius 2 is 2.09 bits per heavy atom. The summed E-state index contributed by atoms with van der Waals surface area (Å²) in [6, 6.07) is 15.6. The summed E-state index contributed by atoms with van der Waals surface area (Å²) in [6.45, 7) is 4.16. The van der Waals surface area contributed by atoms with Gasteiger partial charge in [-0.15, -0.1) is 0 Å². The van der Waals surface area contributed by atoms with Gasteiger partial charge in [-0.2, -0.15) is 0 Å². The third kappa shape index (κ3) is 3.71. The van der Waals surface area contributed by atoms with Gasteiger partial charge in [0, 0.05) is 18.7 Å². The van der Waals surface area contributed by atoms with Crippen LogP contribution < -0.4 is 15.4 Å². The standard InChI is InChI=1S/C19H22N2O2/c1-2-16(21-13-14-6-4-3-5-7-14)19(22)15-8-9-18-17(12-15)20-10-11-23-18/h3-9,12,16,20-21H,2,10-11,13H2,1H3. The van der Waals surface area contributed by atoms with E-state index in [0.29, 0.717) is 18.7 Å². The van der Waals surface area contributed by atoms with Gasteiger partial charge in [0.1, 0.15) is 12.4 Å². The largest absolute Gasteiger partial charge is 0.490 e. The van der Waals surface area contributed by atoms with Crippen LogP contribution in [0.15, 0.2) is 48.5 Å². The number of anilines is 1. The number of rotatable bonds is 6. The summed E-state index contributed by atoms with van der Waals surface area (Å²) in [5.41, 5.74) is 2.80. The summed E-state index contributed by atoms with van der Waals surface area (Å²) in [6.07, 6.45) is 0.757. The van der Waals surface area contributed by atoms with Crippen LogP contribution in [0.25, 0.3) is 0 Å². The van der Waals surface area contributed by atoms with E-state index in [4.69, 9.17) is 4.74 Å². The summed E-state index contributed by atoms with van der Waals surface area (Å²) in [5, 5.41) is 6.64. The molecule has 2 aromatic carbocycles. The predicted octanol–water partition coefficient (Wildman–Crippen LogP) is 3.24. The molecule has 1 aliphatic rings. The molecule has 0 saturated carbocycles. The molecule has 0 radical (unpaired) electrons. The molecule has 23 heavy (non-hydrogen) atoms. The molecular weight excluding hydrogens is 288 g/mol. The number of Topliss-reactive ketones (excluding diaryl/α,β-unsaturated/α-hetero) is 1. The Balaban J connectivity index is 1.69.